The molecule has 3 nitrogen and oxygen atoms in total. The number of nitrogens with two attached hydrogens (primary N) is 1. The molecule has 0 bridgehead atoms. The van der Waals surface area contributed by atoms with Gasteiger partial charge < -0.3 is 10.5 Å². The van der Waals surface area contributed by atoms with Crippen molar-refractivity contribution in [3.8, 4) is 5.75 Å². The molecule has 0 aliphatic carbocycles. The maximum Gasteiger partial charge on any atom is 0.122 e. The lowest BCUT2D eigenvalue weighted by molar-refractivity contribution is 0.305. The number of nitrogen functional groups attached to an aromatic ring is 1. The highest BCUT2D eigenvalue weighted by Gasteiger charge is 2.03. The second kappa shape index (κ2) is 5.89. The zero-order chi connectivity index (χ0) is 13.8. The quantitative estimate of drug-likeness (QED) is 0.668. The van der Waals surface area contributed by atoms with Gasteiger partial charge in [0.1, 0.15) is 18.2 Å². The predicted molar refractivity (Wildman–Crippen MR) is 80.7 cm³/mol. The summed E-state index contributed by atoms with van der Waals surface area (Å²) in [4.78, 5) is 0. The van der Waals surface area contributed by atoms with Crippen molar-refractivity contribution >= 4 is 21.8 Å². The van der Waals surface area contributed by atoms with E-state index in [2.05, 4.69) is 15.9 Å². The van der Waals surface area contributed by atoms with Gasteiger partial charge in [-0.15, -0.1) is 0 Å². The number of hydrogen-bond donors (Lipinski definition) is 2. The minimum absolute atomic E-state index is 0.0866. The summed E-state index contributed by atoms with van der Waals surface area (Å²) in [5, 5.41) is 7.40. The Morgan fingerprint density at radius 2 is 1.89 bits per heavy atom. The van der Waals surface area contributed by atoms with Crippen molar-refractivity contribution in [2.24, 2.45) is 5.73 Å². The van der Waals surface area contributed by atoms with Crippen LogP contribution < -0.4 is 10.5 Å². The molecule has 0 aliphatic rings. The fourth-order valence-corrected chi connectivity index (χ4v) is 1.98. The Hall–Kier alpha value is -1.81. The van der Waals surface area contributed by atoms with Crippen molar-refractivity contribution < 1.29 is 4.74 Å². The third kappa shape index (κ3) is 3.58. The molecule has 0 atom stereocenters. The lowest BCUT2D eigenvalue weighted by Gasteiger charge is -2.10. The molecule has 0 aromatic heterocycles. The van der Waals surface area contributed by atoms with Crippen LogP contribution in [-0.4, -0.2) is 5.84 Å². The number of halogens is 1. The topological polar surface area (TPSA) is 59.1 Å². The Morgan fingerprint density at radius 1 is 1.21 bits per heavy atom. The smallest absolute Gasteiger partial charge is 0.122 e. The largest absolute Gasteiger partial charge is 0.489 e. The second-order valence-corrected chi connectivity index (χ2v) is 5.21. The normalized spacial score (nSPS) is 10.2. The van der Waals surface area contributed by atoms with Gasteiger partial charge in [0.05, 0.1) is 0 Å². The average Bonchev–Trinajstić information content (AvgIpc) is 2.39. The molecule has 0 saturated heterocycles. The zero-order valence-corrected chi connectivity index (χ0v) is 12.2. The lowest BCUT2D eigenvalue weighted by atomic mass is 10.1. The number of aryl methyl sites for hydroxylation is 1. The molecule has 0 amide bonds. The molecular formula is C15H15BrN2O. The number of amidine groups is 1. The summed E-state index contributed by atoms with van der Waals surface area (Å²) in [5.74, 6) is 0.918. The van der Waals surface area contributed by atoms with Gasteiger partial charge in [0.25, 0.3) is 0 Å². The van der Waals surface area contributed by atoms with Crippen LogP contribution in [-0.2, 0) is 6.61 Å². The van der Waals surface area contributed by atoms with Crippen molar-refractivity contribution in [3.63, 3.8) is 0 Å². The number of nitrogens with one attached hydrogen (secondary N) is 1. The third-order valence-corrected chi connectivity index (χ3v) is 3.39. The van der Waals surface area contributed by atoms with E-state index < -0.39 is 0 Å². The van der Waals surface area contributed by atoms with E-state index >= 15 is 0 Å². The predicted octanol–water partition coefficient (Wildman–Crippen LogP) is 3.62. The minimum Gasteiger partial charge on any atom is -0.489 e. The summed E-state index contributed by atoms with van der Waals surface area (Å²) < 4.78 is 6.75. The van der Waals surface area contributed by atoms with Crippen LogP contribution in [0.3, 0.4) is 0 Å². The number of rotatable bonds is 4. The van der Waals surface area contributed by atoms with Gasteiger partial charge in [-0.3, -0.25) is 5.41 Å². The summed E-state index contributed by atoms with van der Waals surface area (Å²) in [5.41, 5.74) is 8.36. The van der Waals surface area contributed by atoms with Crippen LogP contribution >= 0.6 is 15.9 Å². The molecule has 0 radical (unpaired) electrons. The van der Waals surface area contributed by atoms with Crippen LogP contribution in [0.2, 0.25) is 0 Å². The van der Waals surface area contributed by atoms with Gasteiger partial charge in [0.15, 0.2) is 0 Å². The number of ether oxygens (including phenoxy) is 1. The first-order valence-corrected chi connectivity index (χ1v) is 6.68. The molecule has 19 heavy (non-hydrogen) atoms. The monoisotopic (exact) mass is 318 g/mol. The standard InChI is InChI=1S/C15H15BrN2O/c1-10-8-11(15(17)18)2-3-12(10)9-19-14-6-4-13(16)5-7-14/h2-8H,9H2,1H3,(H3,17,18). The summed E-state index contributed by atoms with van der Waals surface area (Å²) in [7, 11) is 0. The Kier molecular flexibility index (Phi) is 4.22. The van der Waals surface area contributed by atoms with E-state index in [0.29, 0.717) is 6.61 Å². The van der Waals surface area contributed by atoms with Crippen molar-refractivity contribution in [1.29, 1.82) is 5.41 Å². The highest BCUT2D eigenvalue weighted by Crippen LogP contribution is 2.18. The van der Waals surface area contributed by atoms with Crippen molar-refractivity contribution in [2.75, 3.05) is 0 Å². The maximum absolute atomic E-state index is 7.40. The van der Waals surface area contributed by atoms with Crippen molar-refractivity contribution in [3.05, 3.63) is 63.6 Å². The highest BCUT2D eigenvalue weighted by molar-refractivity contribution is 9.10. The molecule has 4 heteroatoms. The fraction of sp³-hybridized carbons (Fsp3) is 0.133. The Balaban J connectivity index is 2.07. The van der Waals surface area contributed by atoms with Gasteiger partial charge >= 0.3 is 0 Å². The molecule has 0 fully saturated rings. The molecule has 0 aliphatic heterocycles. The summed E-state index contributed by atoms with van der Waals surface area (Å²) in [6.07, 6.45) is 0. The van der Waals surface area contributed by atoms with Crippen molar-refractivity contribution in [2.45, 2.75) is 13.5 Å². The molecule has 2 rings (SSSR count). The van der Waals surface area contributed by atoms with Crippen molar-refractivity contribution in [1.82, 2.24) is 0 Å². The van der Waals surface area contributed by atoms with Crippen LogP contribution in [0.25, 0.3) is 0 Å². The number of hydrogen-bond acceptors (Lipinski definition) is 2. The van der Waals surface area contributed by atoms with Crippen LogP contribution in [0.5, 0.6) is 5.75 Å². The minimum atomic E-state index is 0.0866. The summed E-state index contributed by atoms with van der Waals surface area (Å²) in [6.45, 7) is 2.50. The Bertz CT molecular complexity index is 594. The van der Waals surface area contributed by atoms with E-state index in [-0.39, 0.29) is 5.84 Å². The second-order valence-electron chi connectivity index (χ2n) is 4.30. The summed E-state index contributed by atoms with van der Waals surface area (Å²) in [6, 6.07) is 13.4. The molecule has 0 heterocycles. The molecule has 0 spiro atoms. The molecule has 2 aromatic carbocycles. The Labute approximate surface area is 121 Å². The molecule has 0 saturated carbocycles. The van der Waals surface area contributed by atoms with Gasteiger partial charge in [-0.05, 0) is 48.4 Å². The van der Waals surface area contributed by atoms with Crippen LogP contribution in [0.1, 0.15) is 16.7 Å². The summed E-state index contributed by atoms with van der Waals surface area (Å²) >= 11 is 3.39. The SMILES string of the molecule is Cc1cc(C(=N)N)ccc1COc1ccc(Br)cc1. The average molecular weight is 319 g/mol. The first-order chi connectivity index (χ1) is 9.06. The lowest BCUT2D eigenvalue weighted by Crippen LogP contribution is -2.11. The molecule has 98 valence electrons. The third-order valence-electron chi connectivity index (χ3n) is 2.86. The van der Waals surface area contributed by atoms with E-state index in [1.54, 1.807) is 0 Å². The zero-order valence-electron chi connectivity index (χ0n) is 10.6. The van der Waals surface area contributed by atoms with Crippen LogP contribution in [0.15, 0.2) is 46.9 Å². The van der Waals surface area contributed by atoms with E-state index in [1.807, 2.05) is 49.4 Å². The first-order valence-electron chi connectivity index (χ1n) is 5.88. The van der Waals surface area contributed by atoms with E-state index in [0.717, 1.165) is 26.9 Å². The first kappa shape index (κ1) is 13.6. The van der Waals surface area contributed by atoms with Crippen LogP contribution in [0.4, 0.5) is 0 Å². The maximum atomic E-state index is 7.40. The van der Waals surface area contributed by atoms with E-state index in [4.69, 9.17) is 15.9 Å². The highest BCUT2D eigenvalue weighted by atomic mass is 79.9. The molecular weight excluding hydrogens is 304 g/mol. The molecule has 3 N–H and O–H groups in total. The van der Waals surface area contributed by atoms with Gasteiger partial charge in [-0.25, -0.2) is 0 Å². The Morgan fingerprint density at radius 3 is 2.47 bits per heavy atom. The van der Waals surface area contributed by atoms with Gasteiger partial charge in [0.2, 0.25) is 0 Å². The van der Waals surface area contributed by atoms with E-state index in [1.165, 1.54) is 0 Å². The van der Waals surface area contributed by atoms with Gasteiger partial charge in [0, 0.05) is 10.0 Å². The molecule has 0 unspecified atom stereocenters. The van der Waals surface area contributed by atoms with Gasteiger partial charge in [-0.1, -0.05) is 28.1 Å². The van der Waals surface area contributed by atoms with Gasteiger partial charge in [-0.2, -0.15) is 0 Å². The van der Waals surface area contributed by atoms with E-state index in [9.17, 15) is 0 Å². The number of benzene rings is 2. The fourth-order valence-electron chi connectivity index (χ4n) is 1.72. The molecule has 2 aromatic rings. The van der Waals surface area contributed by atoms with Crippen LogP contribution in [0, 0.1) is 12.3 Å².